The number of hydrogen-bond donors (Lipinski definition) is 2. The molecular weight excluding hydrogens is 569 g/mol. The second kappa shape index (κ2) is 14.1. The topological polar surface area (TPSA) is 136 Å². The number of piperidine rings is 1. The number of benzene rings is 2. The summed E-state index contributed by atoms with van der Waals surface area (Å²) in [4.78, 5) is 45.6. The van der Waals surface area contributed by atoms with Gasteiger partial charge in [0.15, 0.2) is 11.6 Å². The van der Waals surface area contributed by atoms with Crippen molar-refractivity contribution in [2.45, 2.75) is 24.9 Å². The van der Waals surface area contributed by atoms with E-state index >= 15 is 0 Å². The molecule has 2 atom stereocenters. The number of anilines is 1. The van der Waals surface area contributed by atoms with Gasteiger partial charge in [0.1, 0.15) is 17.8 Å². The number of nitriles is 1. The van der Waals surface area contributed by atoms with Crippen LogP contribution in [-0.2, 0) is 14.3 Å². The van der Waals surface area contributed by atoms with Crippen LogP contribution in [-0.4, -0.2) is 81.7 Å². The number of methoxy groups -OCH3 is 2. The highest BCUT2D eigenvalue weighted by Gasteiger charge is 2.47. The number of carbonyl (C=O) groups excluding carboxylic acids is 3. The first-order valence-electron chi connectivity index (χ1n) is 13.6. The Morgan fingerprint density at radius 2 is 1.81 bits per heavy atom. The zero-order valence-electron chi connectivity index (χ0n) is 23.6. The molecule has 2 aliphatic rings. The largest absolute Gasteiger partial charge is 0.468 e. The minimum atomic E-state index is -1.38. The van der Waals surface area contributed by atoms with Crippen LogP contribution in [0.5, 0.6) is 0 Å². The van der Waals surface area contributed by atoms with Gasteiger partial charge in [0.2, 0.25) is 0 Å². The molecule has 0 saturated carbocycles. The number of esters is 1. The number of hydrogen-bond acceptors (Lipinski definition) is 8. The lowest BCUT2D eigenvalue weighted by Gasteiger charge is -2.37. The van der Waals surface area contributed by atoms with E-state index in [1.807, 2.05) is 11.0 Å². The van der Waals surface area contributed by atoms with Crippen LogP contribution in [0.4, 0.5) is 28.4 Å². The van der Waals surface area contributed by atoms with Crippen molar-refractivity contribution in [3.63, 3.8) is 0 Å². The summed E-state index contributed by atoms with van der Waals surface area (Å²) in [7, 11) is 2.44. The van der Waals surface area contributed by atoms with Gasteiger partial charge in [-0.15, -0.1) is 0 Å². The fourth-order valence-corrected chi connectivity index (χ4v) is 5.37. The number of para-hydroxylation sites is 1. The molecular formula is C29H31F3N6O5. The summed E-state index contributed by atoms with van der Waals surface area (Å²) in [6, 6.07) is 6.02. The van der Waals surface area contributed by atoms with Crippen molar-refractivity contribution in [2.75, 3.05) is 51.9 Å². The average Bonchev–Trinajstić information content (AvgIpc) is 3.00. The van der Waals surface area contributed by atoms with Gasteiger partial charge in [0.05, 0.1) is 36.7 Å². The summed E-state index contributed by atoms with van der Waals surface area (Å²) in [5.41, 5.74) is 0.527. The number of halogens is 3. The lowest BCUT2D eigenvalue weighted by atomic mass is 9.86. The van der Waals surface area contributed by atoms with Crippen molar-refractivity contribution < 1.29 is 37.0 Å². The molecule has 0 aromatic heterocycles. The number of urea groups is 2. The molecule has 11 nitrogen and oxygen atoms in total. The molecule has 1 unspecified atom stereocenters. The summed E-state index contributed by atoms with van der Waals surface area (Å²) in [5, 5.41) is 15.3. The highest BCUT2D eigenvalue weighted by atomic mass is 19.2. The van der Waals surface area contributed by atoms with Gasteiger partial charge in [-0.25, -0.2) is 27.7 Å². The Bertz CT molecular complexity index is 1440. The van der Waals surface area contributed by atoms with E-state index < -0.39 is 47.4 Å². The molecule has 1 saturated heterocycles. The highest BCUT2D eigenvalue weighted by molar-refractivity contribution is 6.12. The standard InChI is InChI=1S/C29H31F3N6O5/c1-42-16-23-24(27(39)43-2)26(17-6-7-20(30)22(32)14-17)38(29(41)36-23)28(40)35-11-10-34-19-8-12-37(13-9-19)25-18(15-33)4-3-5-21(25)31/h3-7,14,19,24,26,34H,8-13,16H2,1-2H3,(H,35,40)/t24?,26-/m0/s1. The van der Waals surface area contributed by atoms with Gasteiger partial charge in [-0.3, -0.25) is 4.79 Å². The van der Waals surface area contributed by atoms with Crippen LogP contribution in [0.25, 0.3) is 0 Å². The number of imide groups is 1. The van der Waals surface area contributed by atoms with Gasteiger partial charge in [0.25, 0.3) is 0 Å². The molecule has 2 heterocycles. The van der Waals surface area contributed by atoms with Crippen LogP contribution < -0.4 is 15.5 Å². The van der Waals surface area contributed by atoms with E-state index in [0.29, 0.717) is 43.1 Å². The van der Waals surface area contributed by atoms with Crippen LogP contribution in [0.3, 0.4) is 0 Å². The fourth-order valence-electron chi connectivity index (χ4n) is 5.37. The molecule has 2 N–H and O–H groups in total. The van der Waals surface area contributed by atoms with E-state index in [2.05, 4.69) is 15.6 Å². The third-order valence-electron chi connectivity index (χ3n) is 7.40. The second-order valence-corrected chi connectivity index (χ2v) is 10.0. The Hall–Kier alpha value is -4.48. The summed E-state index contributed by atoms with van der Waals surface area (Å²) < 4.78 is 52.3. The predicted octanol–water partition coefficient (Wildman–Crippen LogP) is 3.30. The van der Waals surface area contributed by atoms with Crippen molar-refractivity contribution in [3.05, 3.63) is 65.0 Å². The molecule has 2 aromatic carbocycles. The van der Waals surface area contributed by atoms with Crippen molar-refractivity contribution >= 4 is 29.4 Å². The Morgan fingerprint density at radius 3 is 2.47 bits per heavy atom. The number of carbonyl (C=O) groups is 3. The van der Waals surface area contributed by atoms with Crippen molar-refractivity contribution in [1.29, 1.82) is 5.26 Å². The maximum atomic E-state index is 14.4. The molecule has 0 aliphatic carbocycles. The maximum Gasteiger partial charge on any atom is 0.352 e. The lowest BCUT2D eigenvalue weighted by molar-refractivity contribution is -0.144. The smallest absolute Gasteiger partial charge is 0.352 e. The Balaban J connectivity index is 1.41. The van der Waals surface area contributed by atoms with Crippen LogP contribution in [0.15, 0.2) is 41.4 Å². The van der Waals surface area contributed by atoms with E-state index in [9.17, 15) is 32.8 Å². The van der Waals surface area contributed by atoms with Gasteiger partial charge >= 0.3 is 18.0 Å². The normalized spacial score (nSPS) is 19.1. The highest BCUT2D eigenvalue weighted by Crippen LogP contribution is 2.36. The Kier molecular flexibility index (Phi) is 10.3. The van der Waals surface area contributed by atoms with Crippen LogP contribution in [0, 0.1) is 34.7 Å². The van der Waals surface area contributed by atoms with Crippen molar-refractivity contribution in [1.82, 2.24) is 15.5 Å². The summed E-state index contributed by atoms with van der Waals surface area (Å²) in [6.07, 6.45) is 1.32. The van der Waals surface area contributed by atoms with Crippen molar-refractivity contribution in [2.24, 2.45) is 10.9 Å². The van der Waals surface area contributed by atoms with Crippen molar-refractivity contribution in [3.8, 4) is 6.07 Å². The quantitative estimate of drug-likeness (QED) is 0.331. The molecule has 4 amide bonds. The molecule has 0 bridgehead atoms. The first-order chi connectivity index (χ1) is 20.7. The minimum Gasteiger partial charge on any atom is -0.468 e. The van der Waals surface area contributed by atoms with Gasteiger partial charge in [-0.2, -0.15) is 10.3 Å². The SMILES string of the molecule is COCC1=NC(=O)N(C(=O)NCCNC2CCN(c3c(F)cccc3C#N)CC2)[C@@H](c2ccc(F)c(F)c2)C1C(=O)OC. The van der Waals surface area contributed by atoms with E-state index in [4.69, 9.17) is 9.47 Å². The monoisotopic (exact) mass is 600 g/mol. The maximum absolute atomic E-state index is 14.4. The second-order valence-electron chi connectivity index (χ2n) is 10.0. The summed E-state index contributed by atoms with van der Waals surface area (Å²) in [6.45, 7) is 1.20. The number of nitrogens with zero attached hydrogens (tertiary/aromatic N) is 4. The van der Waals surface area contributed by atoms with Gasteiger partial charge < -0.3 is 25.0 Å². The van der Waals surface area contributed by atoms with Gasteiger partial charge in [-0.05, 0) is 42.7 Å². The van der Waals surface area contributed by atoms with Crippen LogP contribution in [0.1, 0.15) is 30.0 Å². The molecule has 228 valence electrons. The summed E-state index contributed by atoms with van der Waals surface area (Å²) >= 11 is 0. The number of nitrogens with one attached hydrogen (secondary N) is 2. The third kappa shape index (κ3) is 6.95. The Labute approximate surface area is 246 Å². The first-order valence-corrected chi connectivity index (χ1v) is 13.6. The van der Waals surface area contributed by atoms with E-state index in [-0.39, 0.29) is 36.0 Å². The number of ether oxygens (including phenoxy) is 2. The van der Waals surface area contributed by atoms with Crippen LogP contribution >= 0.6 is 0 Å². The zero-order valence-corrected chi connectivity index (χ0v) is 23.6. The molecule has 14 heteroatoms. The van der Waals surface area contributed by atoms with E-state index in [0.717, 1.165) is 19.2 Å². The van der Waals surface area contributed by atoms with E-state index in [1.165, 1.54) is 25.3 Å². The summed E-state index contributed by atoms with van der Waals surface area (Å²) in [5.74, 6) is -4.98. The van der Waals surface area contributed by atoms with E-state index in [1.54, 1.807) is 6.07 Å². The molecule has 0 radical (unpaired) electrons. The number of aliphatic imine (C=N–C) groups is 1. The molecule has 2 aliphatic heterocycles. The fraction of sp³-hybridized carbons (Fsp3) is 0.414. The van der Waals surface area contributed by atoms with Crippen LogP contribution in [0.2, 0.25) is 0 Å². The molecule has 0 spiro atoms. The van der Waals surface area contributed by atoms with Gasteiger partial charge in [0, 0.05) is 39.3 Å². The zero-order chi connectivity index (χ0) is 31.1. The lowest BCUT2D eigenvalue weighted by Crippen LogP contribution is -2.54. The number of amides is 4. The van der Waals surface area contributed by atoms with Gasteiger partial charge in [-0.1, -0.05) is 12.1 Å². The Morgan fingerprint density at radius 1 is 1.07 bits per heavy atom. The molecule has 2 aromatic rings. The number of rotatable bonds is 9. The minimum absolute atomic E-state index is 0.0133. The first kappa shape index (κ1) is 31.5. The third-order valence-corrected chi connectivity index (χ3v) is 7.40. The molecule has 4 rings (SSSR count). The predicted molar refractivity (Wildman–Crippen MR) is 149 cm³/mol. The molecule has 43 heavy (non-hydrogen) atoms. The average molecular weight is 601 g/mol. The molecule has 1 fully saturated rings.